The highest BCUT2D eigenvalue weighted by Crippen LogP contribution is 2.26. The first kappa shape index (κ1) is 12.4. The second-order valence-electron chi connectivity index (χ2n) is 4.95. The van der Waals surface area contributed by atoms with Crippen LogP contribution in [-0.4, -0.2) is 12.2 Å². The number of hydrogen-bond donors (Lipinski definition) is 0. The highest BCUT2D eigenvalue weighted by molar-refractivity contribution is 5.15. The van der Waals surface area contributed by atoms with Gasteiger partial charge in [-0.2, -0.15) is 0 Å². The summed E-state index contributed by atoms with van der Waals surface area (Å²) in [5.41, 5.74) is 2.97. The summed E-state index contributed by atoms with van der Waals surface area (Å²) in [5.74, 6) is 0. The van der Waals surface area contributed by atoms with Crippen LogP contribution in [0.2, 0.25) is 0 Å². The molecule has 92 valence electrons. The molecule has 2 atom stereocenters. The number of benzene rings is 1. The van der Waals surface area contributed by atoms with Crippen molar-refractivity contribution < 1.29 is 4.74 Å². The Balaban J connectivity index is 1.87. The third-order valence-corrected chi connectivity index (χ3v) is 3.47. The lowest BCUT2D eigenvalue weighted by Gasteiger charge is -2.30. The van der Waals surface area contributed by atoms with Crippen molar-refractivity contribution in [2.75, 3.05) is 0 Å². The summed E-state index contributed by atoms with van der Waals surface area (Å²) in [6, 6.07) is 10.7. The van der Waals surface area contributed by atoms with Gasteiger partial charge in [0.25, 0.3) is 0 Å². The first-order valence-corrected chi connectivity index (χ1v) is 6.61. The van der Waals surface area contributed by atoms with Crippen molar-refractivity contribution in [3.05, 3.63) is 47.5 Å². The fraction of sp³-hybridized carbons (Fsp3) is 0.500. The lowest BCUT2D eigenvalue weighted by atomic mass is 9.94. The quantitative estimate of drug-likeness (QED) is 0.709. The average Bonchev–Trinajstić information content (AvgIpc) is 2.37. The molecule has 1 saturated heterocycles. The van der Waals surface area contributed by atoms with Crippen molar-refractivity contribution in [3.8, 4) is 0 Å². The Morgan fingerprint density at radius 3 is 2.71 bits per heavy atom. The van der Waals surface area contributed by atoms with Crippen molar-refractivity contribution >= 4 is 0 Å². The predicted molar refractivity (Wildman–Crippen MR) is 72.1 cm³/mol. The second kappa shape index (κ2) is 6.02. The molecule has 0 saturated carbocycles. The topological polar surface area (TPSA) is 9.23 Å². The van der Waals surface area contributed by atoms with Crippen LogP contribution in [0.15, 0.2) is 42.0 Å². The molecule has 1 heteroatoms. The molecule has 0 aliphatic carbocycles. The van der Waals surface area contributed by atoms with Gasteiger partial charge in [-0.3, -0.25) is 0 Å². The summed E-state index contributed by atoms with van der Waals surface area (Å²) in [7, 11) is 0. The first-order chi connectivity index (χ1) is 8.28. The zero-order chi connectivity index (χ0) is 12.1. The van der Waals surface area contributed by atoms with Gasteiger partial charge in [-0.1, -0.05) is 42.0 Å². The number of ether oxygens (including phenoxy) is 1. The largest absolute Gasteiger partial charge is 0.375 e. The van der Waals surface area contributed by atoms with Crippen LogP contribution in [0.4, 0.5) is 0 Å². The first-order valence-electron chi connectivity index (χ1n) is 6.61. The minimum atomic E-state index is 0.385. The van der Waals surface area contributed by atoms with Gasteiger partial charge in [0, 0.05) is 0 Å². The van der Waals surface area contributed by atoms with Crippen LogP contribution in [0.3, 0.4) is 0 Å². The van der Waals surface area contributed by atoms with E-state index >= 15 is 0 Å². The number of rotatable bonds is 3. The maximum Gasteiger partial charge on any atom is 0.0619 e. The van der Waals surface area contributed by atoms with Crippen molar-refractivity contribution in [2.24, 2.45) is 0 Å². The monoisotopic (exact) mass is 230 g/mol. The van der Waals surface area contributed by atoms with E-state index in [1.807, 2.05) is 0 Å². The Bertz CT molecular complexity index is 366. The summed E-state index contributed by atoms with van der Waals surface area (Å²) in [6.45, 7) is 4.32. The van der Waals surface area contributed by atoms with Gasteiger partial charge in [-0.05, 0) is 45.1 Å². The highest BCUT2D eigenvalue weighted by Gasteiger charge is 2.21. The summed E-state index contributed by atoms with van der Waals surface area (Å²) < 4.78 is 6.00. The zero-order valence-electron chi connectivity index (χ0n) is 10.9. The molecule has 2 rings (SSSR count). The van der Waals surface area contributed by atoms with Gasteiger partial charge in [-0.25, -0.2) is 0 Å². The fourth-order valence-electron chi connectivity index (χ4n) is 2.55. The van der Waals surface area contributed by atoms with E-state index in [0.717, 1.165) is 25.7 Å². The molecular weight excluding hydrogens is 208 g/mol. The number of hydrogen-bond acceptors (Lipinski definition) is 1. The Morgan fingerprint density at radius 2 is 2.00 bits per heavy atom. The maximum absolute atomic E-state index is 6.00. The number of aryl methyl sites for hydroxylation is 1. The number of allylic oxidation sites excluding steroid dienone is 1. The molecule has 1 nitrogen and oxygen atoms in total. The van der Waals surface area contributed by atoms with E-state index in [4.69, 9.17) is 4.74 Å². The summed E-state index contributed by atoms with van der Waals surface area (Å²) in [6.07, 6.45) is 7.53. The van der Waals surface area contributed by atoms with Crippen molar-refractivity contribution in [3.63, 3.8) is 0 Å². The van der Waals surface area contributed by atoms with Gasteiger partial charge in [-0.15, -0.1) is 0 Å². The molecule has 0 amide bonds. The maximum atomic E-state index is 6.00. The van der Waals surface area contributed by atoms with Crippen molar-refractivity contribution in [1.29, 1.82) is 0 Å². The minimum Gasteiger partial charge on any atom is -0.375 e. The predicted octanol–water partition coefficient (Wildman–Crippen LogP) is 4.13. The molecule has 1 aliphatic heterocycles. The highest BCUT2D eigenvalue weighted by atomic mass is 16.5. The van der Waals surface area contributed by atoms with E-state index in [0.29, 0.717) is 12.2 Å². The van der Waals surface area contributed by atoms with E-state index in [2.05, 4.69) is 50.3 Å². The van der Waals surface area contributed by atoms with Gasteiger partial charge in [0.1, 0.15) is 0 Å². The van der Waals surface area contributed by atoms with E-state index < -0.39 is 0 Å². The summed E-state index contributed by atoms with van der Waals surface area (Å²) >= 11 is 0. The van der Waals surface area contributed by atoms with E-state index in [9.17, 15) is 0 Å². The average molecular weight is 230 g/mol. The fourth-order valence-corrected chi connectivity index (χ4v) is 2.55. The van der Waals surface area contributed by atoms with Crippen LogP contribution in [0.25, 0.3) is 0 Å². The van der Waals surface area contributed by atoms with E-state index in [1.54, 1.807) is 5.57 Å². The Kier molecular flexibility index (Phi) is 4.38. The molecule has 1 aliphatic rings. The molecule has 0 unspecified atom stereocenters. The van der Waals surface area contributed by atoms with Crippen LogP contribution in [0.5, 0.6) is 0 Å². The molecule has 0 N–H and O–H groups in total. The van der Waals surface area contributed by atoms with Crippen molar-refractivity contribution in [1.82, 2.24) is 0 Å². The van der Waals surface area contributed by atoms with Gasteiger partial charge in [0.05, 0.1) is 12.2 Å². The Morgan fingerprint density at radius 1 is 1.24 bits per heavy atom. The van der Waals surface area contributed by atoms with Crippen LogP contribution in [-0.2, 0) is 11.2 Å². The lowest BCUT2D eigenvalue weighted by Crippen LogP contribution is -2.27. The third kappa shape index (κ3) is 3.71. The lowest BCUT2D eigenvalue weighted by molar-refractivity contribution is -0.0246. The summed E-state index contributed by atoms with van der Waals surface area (Å²) in [5, 5.41) is 0. The molecule has 1 aromatic rings. The van der Waals surface area contributed by atoms with Gasteiger partial charge < -0.3 is 4.74 Å². The zero-order valence-corrected chi connectivity index (χ0v) is 10.9. The van der Waals surface area contributed by atoms with Gasteiger partial charge in [0.2, 0.25) is 0 Å². The van der Waals surface area contributed by atoms with E-state index in [1.165, 1.54) is 5.56 Å². The third-order valence-electron chi connectivity index (χ3n) is 3.47. The van der Waals surface area contributed by atoms with Crippen LogP contribution >= 0.6 is 0 Å². The van der Waals surface area contributed by atoms with Gasteiger partial charge in [0.15, 0.2) is 0 Å². The Labute approximate surface area is 104 Å². The molecule has 0 aromatic heterocycles. The molecule has 17 heavy (non-hydrogen) atoms. The molecule has 0 radical (unpaired) electrons. The molecule has 0 spiro atoms. The molecule has 1 heterocycles. The van der Waals surface area contributed by atoms with Crippen LogP contribution in [0.1, 0.15) is 38.7 Å². The summed E-state index contributed by atoms with van der Waals surface area (Å²) in [4.78, 5) is 0. The van der Waals surface area contributed by atoms with Crippen LogP contribution in [0, 0.1) is 0 Å². The normalized spacial score (nSPS) is 27.3. The smallest absolute Gasteiger partial charge is 0.0619 e. The standard InChI is InChI=1S/C16H22O/c1-3-14-11-13(2)17-16(12-14)10-9-15-7-5-4-6-8-15/h3-8,13,16H,9-12H2,1-2H3/b14-3-/t13-,16+/m0/s1. The molecule has 1 fully saturated rings. The Hall–Kier alpha value is -1.08. The minimum absolute atomic E-state index is 0.385. The molecule has 1 aromatic carbocycles. The van der Waals surface area contributed by atoms with Crippen molar-refractivity contribution in [2.45, 2.75) is 51.7 Å². The molecule has 0 bridgehead atoms. The SMILES string of the molecule is C/C=C1\C[C@@H](CCc2ccccc2)O[C@@H](C)C1. The molecular formula is C16H22O. The second-order valence-corrected chi connectivity index (χ2v) is 4.95. The van der Waals surface area contributed by atoms with E-state index in [-0.39, 0.29) is 0 Å². The van der Waals surface area contributed by atoms with Crippen LogP contribution < -0.4 is 0 Å². The van der Waals surface area contributed by atoms with Gasteiger partial charge >= 0.3 is 0 Å².